The molecule has 0 radical (unpaired) electrons. The molecule has 4 nitrogen and oxygen atoms in total. The fourth-order valence-electron chi connectivity index (χ4n) is 2.23. The molecule has 0 amide bonds. The van der Waals surface area contributed by atoms with Crippen molar-refractivity contribution < 1.29 is 0 Å². The van der Waals surface area contributed by atoms with Gasteiger partial charge in [0.05, 0.1) is 0 Å². The average Bonchev–Trinajstić information content (AvgIpc) is 2.76. The van der Waals surface area contributed by atoms with Crippen LogP contribution in [-0.4, -0.2) is 14.5 Å². The molecule has 0 bridgehead atoms. The van der Waals surface area contributed by atoms with Gasteiger partial charge in [-0.1, -0.05) is 12.1 Å². The third kappa shape index (κ3) is 2.29. The highest BCUT2D eigenvalue weighted by atomic mass is 15.1. The lowest BCUT2D eigenvalue weighted by molar-refractivity contribution is 0.781. The second kappa shape index (κ2) is 4.72. The molecule has 0 spiro atoms. The standard InChI is InChI=1S/C15H16N4/c1-19-14(18-13-3-2-10-17-15(13)19)9-6-11-4-7-12(16)8-5-11/h2-5,7-8,10H,6,9,16H2,1H3. The van der Waals surface area contributed by atoms with E-state index in [1.807, 2.05) is 31.3 Å². The van der Waals surface area contributed by atoms with Crippen LogP contribution >= 0.6 is 0 Å². The van der Waals surface area contributed by atoms with Crippen molar-refractivity contribution in [2.75, 3.05) is 5.73 Å². The molecule has 0 aliphatic heterocycles. The number of hydrogen-bond donors (Lipinski definition) is 1. The van der Waals surface area contributed by atoms with E-state index < -0.39 is 0 Å². The number of rotatable bonds is 3. The summed E-state index contributed by atoms with van der Waals surface area (Å²) < 4.78 is 2.06. The number of aromatic nitrogens is 3. The van der Waals surface area contributed by atoms with E-state index in [0.717, 1.165) is 35.5 Å². The molecule has 4 heteroatoms. The summed E-state index contributed by atoms with van der Waals surface area (Å²) in [7, 11) is 2.01. The molecule has 2 aromatic heterocycles. The number of anilines is 1. The Morgan fingerprint density at radius 2 is 1.89 bits per heavy atom. The molecule has 0 aliphatic carbocycles. The van der Waals surface area contributed by atoms with Crippen molar-refractivity contribution in [3.8, 4) is 0 Å². The van der Waals surface area contributed by atoms with Crippen LogP contribution in [0.15, 0.2) is 42.6 Å². The first-order chi connectivity index (χ1) is 9.24. The molecule has 0 unspecified atom stereocenters. The lowest BCUT2D eigenvalue weighted by atomic mass is 10.1. The zero-order chi connectivity index (χ0) is 13.2. The number of imidazole rings is 1. The Bertz CT molecular complexity index is 698. The fourth-order valence-corrected chi connectivity index (χ4v) is 2.23. The van der Waals surface area contributed by atoms with Crippen molar-refractivity contribution in [2.45, 2.75) is 12.8 Å². The number of fused-ring (bicyclic) bond motifs is 1. The number of nitrogens with two attached hydrogens (primary N) is 1. The molecular weight excluding hydrogens is 236 g/mol. The molecule has 96 valence electrons. The average molecular weight is 252 g/mol. The monoisotopic (exact) mass is 252 g/mol. The third-order valence-electron chi connectivity index (χ3n) is 3.34. The minimum Gasteiger partial charge on any atom is -0.399 e. The summed E-state index contributed by atoms with van der Waals surface area (Å²) in [5.74, 6) is 1.06. The molecule has 2 N–H and O–H groups in total. The molecule has 19 heavy (non-hydrogen) atoms. The molecule has 0 aliphatic rings. The minimum absolute atomic E-state index is 0.802. The second-order valence-electron chi connectivity index (χ2n) is 4.67. The highest BCUT2D eigenvalue weighted by molar-refractivity contribution is 5.70. The number of benzene rings is 1. The molecule has 0 saturated heterocycles. The maximum atomic E-state index is 5.68. The Labute approximate surface area is 111 Å². The number of nitrogen functional groups attached to an aromatic ring is 1. The predicted molar refractivity (Wildman–Crippen MR) is 76.8 cm³/mol. The summed E-state index contributed by atoms with van der Waals surface area (Å²) >= 11 is 0. The Balaban J connectivity index is 1.82. The van der Waals surface area contributed by atoms with Crippen LogP contribution in [0.25, 0.3) is 11.2 Å². The van der Waals surface area contributed by atoms with Gasteiger partial charge in [-0.15, -0.1) is 0 Å². The van der Waals surface area contributed by atoms with Gasteiger partial charge < -0.3 is 10.3 Å². The summed E-state index contributed by atoms with van der Waals surface area (Å²) in [6, 6.07) is 11.9. The molecule has 3 rings (SSSR count). The maximum absolute atomic E-state index is 5.68. The van der Waals surface area contributed by atoms with Gasteiger partial charge in [0, 0.05) is 25.4 Å². The Hall–Kier alpha value is -2.36. The van der Waals surface area contributed by atoms with Crippen LogP contribution in [-0.2, 0) is 19.9 Å². The van der Waals surface area contributed by atoms with Gasteiger partial charge in [0.1, 0.15) is 11.3 Å². The van der Waals surface area contributed by atoms with Crippen molar-refractivity contribution in [1.82, 2.24) is 14.5 Å². The predicted octanol–water partition coefficient (Wildman–Crippen LogP) is 2.34. The van der Waals surface area contributed by atoms with Gasteiger partial charge in [-0.05, 0) is 36.2 Å². The molecular formula is C15H16N4. The van der Waals surface area contributed by atoms with E-state index in [9.17, 15) is 0 Å². The number of pyridine rings is 1. The van der Waals surface area contributed by atoms with E-state index in [4.69, 9.17) is 5.73 Å². The molecule has 0 fully saturated rings. The normalized spacial score (nSPS) is 11.0. The first kappa shape index (κ1) is 11.7. The minimum atomic E-state index is 0.802. The second-order valence-corrected chi connectivity index (χ2v) is 4.67. The van der Waals surface area contributed by atoms with Crippen LogP contribution in [0.3, 0.4) is 0 Å². The van der Waals surface area contributed by atoms with Gasteiger partial charge >= 0.3 is 0 Å². The number of nitrogens with zero attached hydrogens (tertiary/aromatic N) is 3. The van der Waals surface area contributed by atoms with Crippen molar-refractivity contribution in [1.29, 1.82) is 0 Å². The van der Waals surface area contributed by atoms with Crippen LogP contribution < -0.4 is 5.73 Å². The Kier molecular flexibility index (Phi) is 2.91. The van der Waals surface area contributed by atoms with Crippen LogP contribution in [0, 0.1) is 0 Å². The lowest BCUT2D eigenvalue weighted by Gasteiger charge is -2.03. The highest BCUT2D eigenvalue weighted by Gasteiger charge is 2.07. The van der Waals surface area contributed by atoms with Crippen molar-refractivity contribution in [3.63, 3.8) is 0 Å². The summed E-state index contributed by atoms with van der Waals surface area (Å²) in [6.07, 6.45) is 3.65. The maximum Gasteiger partial charge on any atom is 0.159 e. The van der Waals surface area contributed by atoms with E-state index in [-0.39, 0.29) is 0 Å². The highest BCUT2D eigenvalue weighted by Crippen LogP contribution is 2.14. The lowest BCUT2D eigenvalue weighted by Crippen LogP contribution is -2.01. The van der Waals surface area contributed by atoms with Gasteiger partial charge in [-0.3, -0.25) is 0 Å². The van der Waals surface area contributed by atoms with E-state index in [2.05, 4.69) is 26.7 Å². The quantitative estimate of drug-likeness (QED) is 0.728. The van der Waals surface area contributed by atoms with Gasteiger partial charge in [0.2, 0.25) is 0 Å². The Morgan fingerprint density at radius 3 is 2.63 bits per heavy atom. The van der Waals surface area contributed by atoms with Crippen LogP contribution in [0.1, 0.15) is 11.4 Å². The number of aryl methyl sites for hydroxylation is 3. The third-order valence-corrected chi connectivity index (χ3v) is 3.34. The zero-order valence-electron chi connectivity index (χ0n) is 10.9. The Morgan fingerprint density at radius 1 is 1.11 bits per heavy atom. The smallest absolute Gasteiger partial charge is 0.159 e. The van der Waals surface area contributed by atoms with Crippen LogP contribution in [0.4, 0.5) is 5.69 Å². The topological polar surface area (TPSA) is 56.7 Å². The summed E-state index contributed by atoms with van der Waals surface area (Å²) in [6.45, 7) is 0. The van der Waals surface area contributed by atoms with Crippen molar-refractivity contribution in [2.24, 2.45) is 7.05 Å². The van der Waals surface area contributed by atoms with E-state index >= 15 is 0 Å². The van der Waals surface area contributed by atoms with Gasteiger partial charge in [0.15, 0.2) is 5.65 Å². The summed E-state index contributed by atoms with van der Waals surface area (Å²) in [5.41, 5.74) is 9.65. The van der Waals surface area contributed by atoms with Crippen LogP contribution in [0.5, 0.6) is 0 Å². The number of hydrogen-bond acceptors (Lipinski definition) is 3. The summed E-state index contributed by atoms with van der Waals surface area (Å²) in [4.78, 5) is 8.97. The largest absolute Gasteiger partial charge is 0.399 e. The van der Waals surface area contributed by atoms with E-state index in [1.165, 1.54) is 5.56 Å². The SMILES string of the molecule is Cn1c(CCc2ccc(N)cc2)nc2cccnc21. The van der Waals surface area contributed by atoms with Crippen LogP contribution in [0.2, 0.25) is 0 Å². The van der Waals surface area contributed by atoms with Gasteiger partial charge in [0.25, 0.3) is 0 Å². The fraction of sp³-hybridized carbons (Fsp3) is 0.200. The first-order valence-electron chi connectivity index (χ1n) is 6.35. The van der Waals surface area contributed by atoms with Gasteiger partial charge in [-0.25, -0.2) is 9.97 Å². The van der Waals surface area contributed by atoms with E-state index in [1.54, 1.807) is 6.20 Å². The molecule has 1 aromatic carbocycles. The van der Waals surface area contributed by atoms with Crippen molar-refractivity contribution >= 4 is 16.9 Å². The molecule has 2 heterocycles. The molecule has 3 aromatic rings. The molecule has 0 atom stereocenters. The first-order valence-corrected chi connectivity index (χ1v) is 6.35. The zero-order valence-corrected chi connectivity index (χ0v) is 10.9. The van der Waals surface area contributed by atoms with Crippen molar-refractivity contribution in [3.05, 3.63) is 54.0 Å². The van der Waals surface area contributed by atoms with Gasteiger partial charge in [-0.2, -0.15) is 0 Å². The summed E-state index contributed by atoms with van der Waals surface area (Å²) in [5, 5.41) is 0. The molecule has 0 saturated carbocycles. The van der Waals surface area contributed by atoms with E-state index in [0.29, 0.717) is 0 Å².